The van der Waals surface area contributed by atoms with E-state index in [0.29, 0.717) is 34.4 Å². The fraction of sp³-hybridized carbons (Fsp3) is 0.240. The zero-order valence-corrected chi connectivity index (χ0v) is 17.4. The van der Waals surface area contributed by atoms with Gasteiger partial charge in [0.25, 0.3) is 0 Å². The average molecular weight is 404 g/mol. The molecular formula is C25H24O5. The Hall–Kier alpha value is -3.47. The highest BCUT2D eigenvalue weighted by molar-refractivity contribution is 5.95. The third-order valence-corrected chi connectivity index (χ3v) is 5.19. The lowest BCUT2D eigenvalue weighted by atomic mass is 9.93. The maximum atomic E-state index is 13.4. The van der Waals surface area contributed by atoms with Crippen LogP contribution in [0, 0.1) is 0 Å². The standard InChI is InChI=1S/C25H24O5/c1-14(2)5-10-18-23-17(11-12-25(3,4)30-23)21(27)20-22(28)19(13-29-24(18)20)15-6-8-16(26)9-7-15/h5-9,11-13,26-27H,10H2,1-4H3. The molecule has 0 amide bonds. The summed E-state index contributed by atoms with van der Waals surface area (Å²) in [6.07, 6.45) is 7.60. The number of aromatic hydroxyl groups is 2. The fourth-order valence-electron chi connectivity index (χ4n) is 3.60. The second-order valence-electron chi connectivity index (χ2n) is 8.32. The number of hydrogen-bond donors (Lipinski definition) is 2. The van der Waals surface area contributed by atoms with Crippen molar-refractivity contribution in [3.8, 4) is 28.4 Å². The number of phenols is 2. The van der Waals surface area contributed by atoms with Gasteiger partial charge in [-0.05, 0) is 64.0 Å². The molecule has 30 heavy (non-hydrogen) atoms. The number of fused-ring (bicyclic) bond motifs is 2. The van der Waals surface area contributed by atoms with Gasteiger partial charge in [-0.2, -0.15) is 0 Å². The highest BCUT2D eigenvalue weighted by Gasteiger charge is 2.30. The van der Waals surface area contributed by atoms with Crippen LogP contribution in [0.2, 0.25) is 0 Å². The number of allylic oxidation sites excluding steroid dienone is 2. The highest BCUT2D eigenvalue weighted by Crippen LogP contribution is 2.45. The first kappa shape index (κ1) is 19.8. The van der Waals surface area contributed by atoms with Gasteiger partial charge in [-0.3, -0.25) is 4.79 Å². The molecule has 2 aromatic carbocycles. The van der Waals surface area contributed by atoms with E-state index in [2.05, 4.69) is 0 Å². The Morgan fingerprint density at radius 1 is 1.13 bits per heavy atom. The van der Waals surface area contributed by atoms with E-state index in [1.807, 2.05) is 39.8 Å². The molecule has 0 unspecified atom stereocenters. The van der Waals surface area contributed by atoms with Gasteiger partial charge in [0.15, 0.2) is 0 Å². The highest BCUT2D eigenvalue weighted by atomic mass is 16.5. The Morgan fingerprint density at radius 3 is 2.50 bits per heavy atom. The molecule has 5 nitrogen and oxygen atoms in total. The molecule has 1 aliphatic rings. The van der Waals surface area contributed by atoms with Crippen LogP contribution in [-0.2, 0) is 6.42 Å². The predicted molar refractivity (Wildman–Crippen MR) is 118 cm³/mol. The van der Waals surface area contributed by atoms with Crippen LogP contribution >= 0.6 is 0 Å². The van der Waals surface area contributed by atoms with Gasteiger partial charge in [-0.25, -0.2) is 0 Å². The molecule has 1 aliphatic heterocycles. The van der Waals surface area contributed by atoms with Gasteiger partial charge in [-0.15, -0.1) is 0 Å². The van der Waals surface area contributed by atoms with E-state index in [4.69, 9.17) is 9.15 Å². The van der Waals surface area contributed by atoms with E-state index >= 15 is 0 Å². The molecule has 2 heterocycles. The van der Waals surface area contributed by atoms with Crippen LogP contribution in [-0.4, -0.2) is 15.8 Å². The molecule has 0 fully saturated rings. The number of rotatable bonds is 3. The maximum absolute atomic E-state index is 13.4. The monoisotopic (exact) mass is 404 g/mol. The lowest BCUT2D eigenvalue weighted by molar-refractivity contribution is 0.157. The molecule has 4 rings (SSSR count). The molecule has 0 spiro atoms. The molecule has 3 aromatic rings. The zero-order chi connectivity index (χ0) is 21.6. The first-order valence-corrected chi connectivity index (χ1v) is 9.82. The Labute approximate surface area is 174 Å². The largest absolute Gasteiger partial charge is 0.508 e. The van der Waals surface area contributed by atoms with Crippen molar-refractivity contribution in [2.45, 2.75) is 39.7 Å². The second-order valence-corrected chi connectivity index (χ2v) is 8.32. The van der Waals surface area contributed by atoms with Gasteiger partial charge in [0.2, 0.25) is 5.43 Å². The van der Waals surface area contributed by atoms with Gasteiger partial charge >= 0.3 is 0 Å². The third-order valence-electron chi connectivity index (χ3n) is 5.19. The van der Waals surface area contributed by atoms with Crippen molar-refractivity contribution in [3.05, 3.63) is 69.6 Å². The van der Waals surface area contributed by atoms with Crippen molar-refractivity contribution in [3.63, 3.8) is 0 Å². The minimum Gasteiger partial charge on any atom is -0.508 e. The van der Waals surface area contributed by atoms with Crippen molar-refractivity contribution in [2.75, 3.05) is 0 Å². The Bertz CT molecular complexity index is 1250. The normalized spacial score (nSPS) is 14.3. The van der Waals surface area contributed by atoms with Crippen LogP contribution in [0.15, 0.2) is 57.5 Å². The first-order chi connectivity index (χ1) is 14.2. The predicted octanol–water partition coefficient (Wildman–Crippen LogP) is 5.56. The summed E-state index contributed by atoms with van der Waals surface area (Å²) >= 11 is 0. The van der Waals surface area contributed by atoms with Crippen LogP contribution in [0.4, 0.5) is 0 Å². The van der Waals surface area contributed by atoms with E-state index in [1.165, 1.54) is 18.4 Å². The van der Waals surface area contributed by atoms with E-state index < -0.39 is 5.60 Å². The lowest BCUT2D eigenvalue weighted by Gasteiger charge is -2.30. The van der Waals surface area contributed by atoms with Crippen LogP contribution in [0.5, 0.6) is 17.2 Å². The van der Waals surface area contributed by atoms with Gasteiger partial charge in [-0.1, -0.05) is 23.8 Å². The number of hydrogen-bond acceptors (Lipinski definition) is 5. The summed E-state index contributed by atoms with van der Waals surface area (Å²) in [7, 11) is 0. The van der Waals surface area contributed by atoms with Crippen molar-refractivity contribution in [1.29, 1.82) is 0 Å². The summed E-state index contributed by atoms with van der Waals surface area (Å²) in [5.74, 6) is 0.488. The van der Waals surface area contributed by atoms with Crippen molar-refractivity contribution in [2.24, 2.45) is 0 Å². The summed E-state index contributed by atoms with van der Waals surface area (Å²) in [6, 6.07) is 6.28. The van der Waals surface area contributed by atoms with E-state index in [1.54, 1.807) is 18.2 Å². The molecule has 0 atom stereocenters. The molecule has 1 aromatic heterocycles. The van der Waals surface area contributed by atoms with Gasteiger partial charge in [0.05, 0.1) is 11.1 Å². The van der Waals surface area contributed by atoms with Gasteiger partial charge in [0, 0.05) is 5.56 Å². The molecule has 0 aliphatic carbocycles. The fourth-order valence-corrected chi connectivity index (χ4v) is 3.60. The smallest absolute Gasteiger partial charge is 0.204 e. The van der Waals surface area contributed by atoms with Crippen molar-refractivity contribution in [1.82, 2.24) is 0 Å². The van der Waals surface area contributed by atoms with E-state index in [-0.39, 0.29) is 22.3 Å². The van der Waals surface area contributed by atoms with Crippen molar-refractivity contribution < 1.29 is 19.4 Å². The van der Waals surface area contributed by atoms with Gasteiger partial charge < -0.3 is 19.4 Å². The first-order valence-electron chi connectivity index (χ1n) is 9.82. The Balaban J connectivity index is 2.05. The number of ether oxygens (including phenoxy) is 1. The molecule has 5 heteroatoms. The summed E-state index contributed by atoms with van der Waals surface area (Å²) < 4.78 is 12.1. The van der Waals surface area contributed by atoms with Gasteiger partial charge in [0.1, 0.15) is 40.1 Å². The summed E-state index contributed by atoms with van der Waals surface area (Å²) in [5.41, 5.74) is 2.69. The molecule has 0 saturated heterocycles. The molecule has 2 N–H and O–H groups in total. The maximum Gasteiger partial charge on any atom is 0.204 e. The summed E-state index contributed by atoms with van der Waals surface area (Å²) in [4.78, 5) is 13.4. The summed E-state index contributed by atoms with van der Waals surface area (Å²) in [5, 5.41) is 20.7. The number of benzene rings is 2. The lowest BCUT2D eigenvalue weighted by Crippen LogP contribution is -2.28. The van der Waals surface area contributed by atoms with E-state index in [9.17, 15) is 15.0 Å². The van der Waals surface area contributed by atoms with Crippen LogP contribution in [0.3, 0.4) is 0 Å². The summed E-state index contributed by atoms with van der Waals surface area (Å²) in [6.45, 7) is 7.86. The zero-order valence-electron chi connectivity index (χ0n) is 17.4. The molecule has 0 radical (unpaired) electrons. The van der Waals surface area contributed by atoms with Crippen LogP contribution < -0.4 is 10.2 Å². The molecule has 154 valence electrons. The number of phenolic OH excluding ortho intramolecular Hbond substituents is 2. The topological polar surface area (TPSA) is 79.9 Å². The van der Waals surface area contributed by atoms with Crippen LogP contribution in [0.25, 0.3) is 28.2 Å². The SMILES string of the molecule is CC(C)=CCc1c2c(c(O)c3c(=O)c(-c4ccc(O)cc4)coc13)C=CC(C)(C)O2. The quantitative estimate of drug-likeness (QED) is 0.558. The Kier molecular flexibility index (Phi) is 4.69. The minimum absolute atomic E-state index is 0.106. The second kappa shape index (κ2) is 7.10. The Morgan fingerprint density at radius 2 is 1.83 bits per heavy atom. The third kappa shape index (κ3) is 3.36. The molecular weight excluding hydrogens is 380 g/mol. The van der Waals surface area contributed by atoms with Crippen molar-refractivity contribution >= 4 is 17.0 Å². The van der Waals surface area contributed by atoms with E-state index in [0.717, 1.165) is 11.1 Å². The molecule has 0 saturated carbocycles. The minimum atomic E-state index is -0.543. The van der Waals surface area contributed by atoms with Crippen LogP contribution in [0.1, 0.15) is 38.8 Å². The average Bonchev–Trinajstić information content (AvgIpc) is 2.67. The molecule has 0 bridgehead atoms.